The molecule has 0 radical (unpaired) electrons. The van der Waals surface area contributed by atoms with Crippen molar-refractivity contribution < 1.29 is 14.0 Å². The number of carbonyl (C=O) groups is 2. The highest BCUT2D eigenvalue weighted by Crippen LogP contribution is 2.25. The van der Waals surface area contributed by atoms with E-state index in [2.05, 4.69) is 10.6 Å². The van der Waals surface area contributed by atoms with Crippen molar-refractivity contribution >= 4 is 22.8 Å². The smallest absolute Gasteiger partial charge is 0.242 e. The number of rotatable bonds is 6. The first-order chi connectivity index (χ1) is 10.9. The summed E-state index contributed by atoms with van der Waals surface area (Å²) in [5.41, 5.74) is 3.93. The van der Waals surface area contributed by atoms with E-state index in [1.54, 1.807) is 13.2 Å². The third kappa shape index (κ3) is 4.12. The molecule has 2 amide bonds. The van der Waals surface area contributed by atoms with E-state index in [9.17, 15) is 9.59 Å². The number of benzene rings is 1. The van der Waals surface area contributed by atoms with E-state index in [0.29, 0.717) is 6.54 Å². The maximum absolute atomic E-state index is 12.2. The molecule has 2 N–H and O–H groups in total. The van der Waals surface area contributed by atoms with Crippen molar-refractivity contribution in [3.63, 3.8) is 0 Å². The highest BCUT2D eigenvalue weighted by Gasteiger charge is 2.17. The minimum Gasteiger partial charge on any atom is -0.464 e. The molecule has 0 unspecified atom stereocenters. The minimum atomic E-state index is -0.545. The zero-order chi connectivity index (χ0) is 17.0. The zero-order valence-corrected chi connectivity index (χ0v) is 14.2. The Bertz CT molecular complexity index is 718. The number of nitrogens with one attached hydrogen (secondary N) is 2. The van der Waals surface area contributed by atoms with Crippen LogP contribution in [0.25, 0.3) is 11.0 Å². The van der Waals surface area contributed by atoms with Gasteiger partial charge >= 0.3 is 0 Å². The Morgan fingerprint density at radius 2 is 1.91 bits per heavy atom. The van der Waals surface area contributed by atoms with Crippen LogP contribution in [-0.4, -0.2) is 24.4 Å². The van der Waals surface area contributed by atoms with Crippen LogP contribution in [0.2, 0.25) is 0 Å². The van der Waals surface area contributed by atoms with Crippen LogP contribution in [0.5, 0.6) is 0 Å². The molecular formula is C18H24N2O3. The Morgan fingerprint density at radius 3 is 2.61 bits per heavy atom. The van der Waals surface area contributed by atoms with Gasteiger partial charge < -0.3 is 15.1 Å². The van der Waals surface area contributed by atoms with Gasteiger partial charge in [-0.1, -0.05) is 6.92 Å². The van der Waals surface area contributed by atoms with Gasteiger partial charge in [-0.2, -0.15) is 0 Å². The van der Waals surface area contributed by atoms with Gasteiger partial charge in [-0.05, 0) is 50.5 Å². The van der Waals surface area contributed by atoms with Gasteiger partial charge in [-0.3, -0.25) is 9.59 Å². The fourth-order valence-corrected chi connectivity index (χ4v) is 2.41. The van der Waals surface area contributed by atoms with Gasteiger partial charge in [-0.25, -0.2) is 0 Å². The largest absolute Gasteiger partial charge is 0.464 e. The summed E-state index contributed by atoms with van der Waals surface area (Å²) in [5.74, 6) is -0.353. The van der Waals surface area contributed by atoms with Crippen LogP contribution >= 0.6 is 0 Å². The summed E-state index contributed by atoms with van der Waals surface area (Å²) >= 11 is 0. The highest BCUT2D eigenvalue weighted by molar-refractivity contribution is 5.91. The molecule has 0 aliphatic rings. The number of hydrogen-bond acceptors (Lipinski definition) is 3. The standard InChI is InChI=1S/C18H24N2O3/c1-5-6-19-18(22)13(4)20-17(21)9-14-10-23-16-8-12(3)11(2)7-15(14)16/h7-8,10,13H,5-6,9H2,1-4H3,(H,19,22)(H,20,21)/t13-/m0/s1. The van der Waals surface area contributed by atoms with E-state index >= 15 is 0 Å². The lowest BCUT2D eigenvalue weighted by Gasteiger charge is -2.13. The Labute approximate surface area is 136 Å². The molecule has 1 atom stereocenters. The second-order valence-corrected chi connectivity index (χ2v) is 5.95. The number of aryl methyl sites for hydroxylation is 2. The van der Waals surface area contributed by atoms with Gasteiger partial charge in [0, 0.05) is 17.5 Å². The quantitative estimate of drug-likeness (QED) is 0.860. The van der Waals surface area contributed by atoms with E-state index in [0.717, 1.165) is 34.1 Å². The van der Waals surface area contributed by atoms with Crippen molar-refractivity contribution in [2.45, 2.75) is 46.6 Å². The molecule has 1 aromatic heterocycles. The van der Waals surface area contributed by atoms with Crippen LogP contribution in [-0.2, 0) is 16.0 Å². The Hall–Kier alpha value is -2.30. The van der Waals surface area contributed by atoms with Gasteiger partial charge in [0.15, 0.2) is 0 Å². The molecule has 0 aliphatic carbocycles. The molecule has 0 fully saturated rings. The summed E-state index contributed by atoms with van der Waals surface area (Å²) in [6, 6.07) is 3.47. The second-order valence-electron chi connectivity index (χ2n) is 5.95. The van der Waals surface area contributed by atoms with Crippen LogP contribution in [0.1, 0.15) is 37.0 Å². The molecule has 0 bridgehead atoms. The molecule has 0 saturated heterocycles. The zero-order valence-electron chi connectivity index (χ0n) is 14.2. The molecule has 5 nitrogen and oxygen atoms in total. The molecule has 124 valence electrons. The monoisotopic (exact) mass is 316 g/mol. The summed E-state index contributed by atoms with van der Waals surface area (Å²) in [6.45, 7) is 8.34. The van der Waals surface area contributed by atoms with E-state index in [4.69, 9.17) is 4.42 Å². The molecule has 1 heterocycles. The summed E-state index contributed by atoms with van der Waals surface area (Å²) in [7, 11) is 0. The first-order valence-corrected chi connectivity index (χ1v) is 7.96. The van der Waals surface area contributed by atoms with E-state index in [-0.39, 0.29) is 18.2 Å². The third-order valence-corrected chi connectivity index (χ3v) is 3.94. The fourth-order valence-electron chi connectivity index (χ4n) is 2.41. The van der Waals surface area contributed by atoms with Crippen molar-refractivity contribution in [2.75, 3.05) is 6.54 Å². The molecule has 0 spiro atoms. The highest BCUT2D eigenvalue weighted by atomic mass is 16.3. The van der Waals surface area contributed by atoms with Crippen molar-refractivity contribution in [3.8, 4) is 0 Å². The first-order valence-electron chi connectivity index (χ1n) is 7.96. The maximum Gasteiger partial charge on any atom is 0.242 e. The normalized spacial score (nSPS) is 12.2. The Balaban J connectivity index is 2.03. The molecule has 23 heavy (non-hydrogen) atoms. The van der Waals surface area contributed by atoms with E-state index in [1.165, 1.54) is 0 Å². The van der Waals surface area contributed by atoms with Gasteiger partial charge in [-0.15, -0.1) is 0 Å². The minimum absolute atomic E-state index is 0.163. The summed E-state index contributed by atoms with van der Waals surface area (Å²) in [4.78, 5) is 24.0. The number of furan rings is 1. The summed E-state index contributed by atoms with van der Waals surface area (Å²) in [6.07, 6.45) is 2.68. The number of fused-ring (bicyclic) bond motifs is 1. The Kier molecular flexibility index (Phi) is 5.42. The number of hydrogen-bond donors (Lipinski definition) is 2. The lowest BCUT2D eigenvalue weighted by Crippen LogP contribution is -2.45. The van der Waals surface area contributed by atoms with Crippen LogP contribution in [0, 0.1) is 13.8 Å². The number of carbonyl (C=O) groups excluding carboxylic acids is 2. The van der Waals surface area contributed by atoms with Crippen LogP contribution in [0.3, 0.4) is 0 Å². The Morgan fingerprint density at radius 1 is 1.22 bits per heavy atom. The molecule has 0 saturated carbocycles. The summed E-state index contributed by atoms with van der Waals surface area (Å²) < 4.78 is 5.53. The van der Waals surface area contributed by atoms with Crippen LogP contribution < -0.4 is 10.6 Å². The van der Waals surface area contributed by atoms with E-state index in [1.807, 2.05) is 32.9 Å². The van der Waals surface area contributed by atoms with Crippen LogP contribution in [0.15, 0.2) is 22.8 Å². The maximum atomic E-state index is 12.2. The van der Waals surface area contributed by atoms with Crippen molar-refractivity contribution in [1.29, 1.82) is 0 Å². The molecule has 1 aromatic carbocycles. The van der Waals surface area contributed by atoms with Gasteiger partial charge in [0.2, 0.25) is 11.8 Å². The van der Waals surface area contributed by atoms with Gasteiger partial charge in [0.25, 0.3) is 0 Å². The summed E-state index contributed by atoms with van der Waals surface area (Å²) in [5, 5.41) is 6.44. The van der Waals surface area contributed by atoms with E-state index < -0.39 is 6.04 Å². The lowest BCUT2D eigenvalue weighted by atomic mass is 10.0. The predicted octanol–water partition coefficient (Wildman–Crippen LogP) is 2.62. The molecule has 0 aliphatic heterocycles. The SMILES string of the molecule is CCCNC(=O)[C@H](C)NC(=O)Cc1coc2cc(C)c(C)cc12. The van der Waals surface area contributed by atoms with Crippen LogP contribution in [0.4, 0.5) is 0 Å². The first kappa shape index (κ1) is 17.1. The van der Waals surface area contributed by atoms with Crippen molar-refractivity contribution in [1.82, 2.24) is 10.6 Å². The molecule has 2 rings (SSSR count). The molecule has 5 heteroatoms. The van der Waals surface area contributed by atoms with Gasteiger partial charge in [0.05, 0.1) is 12.7 Å². The molecule has 2 aromatic rings. The molecular weight excluding hydrogens is 292 g/mol. The second kappa shape index (κ2) is 7.31. The topological polar surface area (TPSA) is 71.3 Å². The lowest BCUT2D eigenvalue weighted by molar-refractivity contribution is -0.128. The van der Waals surface area contributed by atoms with Gasteiger partial charge in [0.1, 0.15) is 11.6 Å². The average Bonchev–Trinajstić information content (AvgIpc) is 2.87. The average molecular weight is 316 g/mol. The predicted molar refractivity (Wildman–Crippen MR) is 90.3 cm³/mol. The third-order valence-electron chi connectivity index (χ3n) is 3.94. The number of amides is 2. The van der Waals surface area contributed by atoms with Crippen molar-refractivity contribution in [2.24, 2.45) is 0 Å². The van der Waals surface area contributed by atoms with Crippen molar-refractivity contribution in [3.05, 3.63) is 35.1 Å². The fraction of sp³-hybridized carbons (Fsp3) is 0.444.